The number of carbonyl (C=O) groups excluding carboxylic acids is 1. The lowest BCUT2D eigenvalue weighted by atomic mass is 9.95. The lowest BCUT2D eigenvalue weighted by Gasteiger charge is -2.32. The lowest BCUT2D eigenvalue weighted by molar-refractivity contribution is 0.104. The van der Waals surface area contributed by atoms with E-state index in [0.29, 0.717) is 25.7 Å². The minimum atomic E-state index is 0.0567. The van der Waals surface area contributed by atoms with Crippen LogP contribution in [0.15, 0.2) is 36.6 Å². The summed E-state index contributed by atoms with van der Waals surface area (Å²) in [7, 11) is 1.70. The number of likely N-dealkylation sites (tertiary alicyclic amines) is 1. The van der Waals surface area contributed by atoms with Gasteiger partial charge in [-0.2, -0.15) is 0 Å². The van der Waals surface area contributed by atoms with Crippen LogP contribution in [0.25, 0.3) is 22.2 Å². The first-order chi connectivity index (χ1) is 14.5. The number of hydrogen-bond donors (Lipinski definition) is 1. The van der Waals surface area contributed by atoms with Gasteiger partial charge in [-0.3, -0.25) is 0 Å². The number of rotatable bonds is 2. The van der Waals surface area contributed by atoms with E-state index < -0.39 is 0 Å². The molecular formula is C23H26N4O2. The van der Waals surface area contributed by atoms with E-state index in [9.17, 15) is 4.79 Å². The van der Waals surface area contributed by atoms with E-state index >= 15 is 0 Å². The molecule has 2 amide bonds. The molecule has 4 heterocycles. The summed E-state index contributed by atoms with van der Waals surface area (Å²) in [5.41, 5.74) is 6.18. The molecule has 0 aliphatic carbocycles. The Kier molecular flexibility index (Phi) is 4.22. The van der Waals surface area contributed by atoms with Gasteiger partial charge in [0, 0.05) is 56.6 Å². The summed E-state index contributed by atoms with van der Waals surface area (Å²) in [6, 6.07) is 6.74. The van der Waals surface area contributed by atoms with Crippen LogP contribution in [-0.2, 0) is 17.7 Å². The van der Waals surface area contributed by atoms with E-state index in [-0.39, 0.29) is 12.1 Å². The minimum Gasteiger partial charge on any atom is -0.380 e. The number of amides is 2. The zero-order valence-corrected chi connectivity index (χ0v) is 16.9. The van der Waals surface area contributed by atoms with Crippen LogP contribution in [-0.4, -0.2) is 58.6 Å². The molecule has 150 valence electrons. The van der Waals surface area contributed by atoms with Crippen LogP contribution in [0.3, 0.4) is 0 Å². The highest BCUT2D eigenvalue weighted by Gasteiger charge is 2.30. The quantitative estimate of drug-likeness (QED) is 0.724. The fourth-order valence-corrected chi connectivity index (χ4v) is 4.39. The van der Waals surface area contributed by atoms with Gasteiger partial charge in [-0.25, -0.2) is 9.78 Å². The van der Waals surface area contributed by atoms with E-state index in [1.54, 1.807) is 7.11 Å². The molecule has 0 radical (unpaired) electrons. The number of pyridine rings is 1. The van der Waals surface area contributed by atoms with Gasteiger partial charge < -0.3 is 19.5 Å². The van der Waals surface area contributed by atoms with Crippen LogP contribution in [0.5, 0.6) is 0 Å². The lowest BCUT2D eigenvalue weighted by Crippen LogP contribution is -2.44. The van der Waals surface area contributed by atoms with Crippen molar-refractivity contribution >= 4 is 17.1 Å². The van der Waals surface area contributed by atoms with E-state index in [0.717, 1.165) is 58.2 Å². The second-order valence-electron chi connectivity index (χ2n) is 8.03. The summed E-state index contributed by atoms with van der Waals surface area (Å²) in [6.07, 6.45) is 5.61. The van der Waals surface area contributed by atoms with Crippen molar-refractivity contribution in [3.05, 3.63) is 53.3 Å². The van der Waals surface area contributed by atoms with Crippen molar-refractivity contribution < 1.29 is 10.9 Å². The van der Waals surface area contributed by atoms with Crippen molar-refractivity contribution in [2.24, 2.45) is 0 Å². The molecule has 1 saturated heterocycles. The molecule has 3 aromatic rings. The fraction of sp³-hybridized carbons (Fsp3) is 0.391. The number of fused-ring (bicyclic) bond motifs is 2. The Morgan fingerprint density at radius 3 is 3.00 bits per heavy atom. The first-order valence-corrected chi connectivity index (χ1v) is 10.2. The molecule has 2 aliphatic rings. The normalized spacial score (nSPS) is 19.5. The molecule has 29 heavy (non-hydrogen) atoms. The second kappa shape index (κ2) is 7.19. The average Bonchev–Trinajstić information content (AvgIpc) is 3.40. The second-order valence-corrected chi connectivity index (χ2v) is 8.03. The van der Waals surface area contributed by atoms with Gasteiger partial charge in [-0.1, -0.05) is 18.2 Å². The Hall–Kier alpha value is -2.86. The van der Waals surface area contributed by atoms with Crippen LogP contribution in [0, 0.1) is 6.92 Å². The molecule has 1 fully saturated rings. The number of nitrogens with zero attached hydrogens (tertiary/aromatic N) is 3. The number of aryl methyl sites for hydroxylation is 1. The number of urea groups is 1. The third-order valence-electron chi connectivity index (χ3n) is 6.21. The molecule has 0 spiro atoms. The Labute approximate surface area is 171 Å². The van der Waals surface area contributed by atoms with Gasteiger partial charge >= 0.3 is 6.03 Å². The minimum absolute atomic E-state index is 0.0567. The highest BCUT2D eigenvalue weighted by Crippen LogP contribution is 2.29. The molecule has 0 unspecified atom stereocenters. The number of methoxy groups -OCH3 is 1. The van der Waals surface area contributed by atoms with Crippen molar-refractivity contribution in [1.29, 1.82) is 0 Å². The van der Waals surface area contributed by atoms with Crippen LogP contribution in [0.4, 0.5) is 4.79 Å². The largest absolute Gasteiger partial charge is 0.380 e. The van der Waals surface area contributed by atoms with Gasteiger partial charge in [0.05, 0.1) is 7.47 Å². The van der Waals surface area contributed by atoms with Gasteiger partial charge in [0.15, 0.2) is 0 Å². The monoisotopic (exact) mass is 391 g/mol. The van der Waals surface area contributed by atoms with Crippen molar-refractivity contribution in [3.8, 4) is 11.1 Å². The summed E-state index contributed by atoms with van der Waals surface area (Å²) in [5, 5.41) is 1.11. The number of nitrogens with one attached hydrogen (secondary N) is 1. The van der Waals surface area contributed by atoms with E-state index in [4.69, 9.17) is 6.11 Å². The average molecular weight is 391 g/mol. The number of aromatic amines is 1. The number of ether oxygens (including phenoxy) is 1. The van der Waals surface area contributed by atoms with Gasteiger partial charge in [-0.05, 0) is 48.1 Å². The molecular weight excluding hydrogens is 364 g/mol. The Morgan fingerprint density at radius 1 is 1.28 bits per heavy atom. The first-order valence-electron chi connectivity index (χ1n) is 10.7. The van der Waals surface area contributed by atoms with Gasteiger partial charge in [-0.15, -0.1) is 0 Å². The molecule has 1 aromatic carbocycles. The third kappa shape index (κ3) is 3.27. The summed E-state index contributed by atoms with van der Waals surface area (Å²) in [5.74, 6) is 0. The molecule has 6 heteroatoms. The van der Waals surface area contributed by atoms with E-state index in [1.165, 1.54) is 0 Å². The number of aromatic nitrogens is 2. The fourth-order valence-electron chi connectivity index (χ4n) is 4.39. The highest BCUT2D eigenvalue weighted by atomic mass is 16.5. The predicted octanol–water partition coefficient (Wildman–Crippen LogP) is 3.74. The van der Waals surface area contributed by atoms with Crippen LogP contribution in [0.1, 0.15) is 24.5 Å². The van der Waals surface area contributed by atoms with E-state index in [1.807, 2.05) is 28.3 Å². The third-order valence-corrected chi connectivity index (χ3v) is 6.21. The maximum atomic E-state index is 12.9. The maximum Gasteiger partial charge on any atom is 0.320 e. The zero-order chi connectivity index (χ0) is 20.8. The standard InChI is InChI=1S/C23H26N4O2/c1-15-11-24-22-21(15)10-19(12-25-22)16-3-4-18-13-26(7-5-17(18)9-16)23(28)27-8-6-20(14-27)29-2/h3-4,9-12,20H,5-8,13-14H2,1-2H3,(H,24,25)/t20-/m0/s1/i4D. The SMILES string of the molecule is [2H]c1cc(-c2cnc3[nH]cc(C)c3c2)cc2c1CN(C(=O)N1CC[C@H](OC)C1)CC2. The molecule has 1 atom stereocenters. The highest BCUT2D eigenvalue weighted by molar-refractivity contribution is 5.84. The molecule has 1 N–H and O–H groups in total. The smallest absolute Gasteiger partial charge is 0.320 e. The van der Waals surface area contributed by atoms with Crippen molar-refractivity contribution in [1.82, 2.24) is 19.8 Å². The Bertz CT molecular complexity index is 1130. The molecule has 5 rings (SSSR count). The van der Waals surface area contributed by atoms with E-state index in [2.05, 4.69) is 29.0 Å². The maximum absolute atomic E-state index is 12.9. The van der Waals surface area contributed by atoms with Crippen molar-refractivity contribution in [3.63, 3.8) is 0 Å². The molecule has 0 saturated carbocycles. The van der Waals surface area contributed by atoms with Gasteiger partial charge in [0.2, 0.25) is 0 Å². The van der Waals surface area contributed by atoms with Gasteiger partial charge in [0.1, 0.15) is 5.65 Å². The molecule has 6 nitrogen and oxygen atoms in total. The summed E-state index contributed by atoms with van der Waals surface area (Å²) in [6.45, 7) is 4.63. The number of H-pyrrole nitrogens is 1. The number of carbonyl (C=O) groups is 1. The summed E-state index contributed by atoms with van der Waals surface area (Å²) >= 11 is 0. The number of hydrogen-bond acceptors (Lipinski definition) is 3. The Morgan fingerprint density at radius 2 is 2.17 bits per heavy atom. The molecule has 2 aromatic heterocycles. The number of benzene rings is 1. The van der Waals surface area contributed by atoms with Crippen LogP contribution < -0.4 is 0 Å². The topological polar surface area (TPSA) is 61.5 Å². The van der Waals surface area contributed by atoms with Crippen molar-refractivity contribution in [2.45, 2.75) is 32.4 Å². The van der Waals surface area contributed by atoms with Crippen LogP contribution in [0.2, 0.25) is 0 Å². The summed E-state index contributed by atoms with van der Waals surface area (Å²) in [4.78, 5) is 24.4. The first kappa shape index (κ1) is 17.0. The predicted molar refractivity (Wildman–Crippen MR) is 113 cm³/mol. The zero-order valence-electron chi connectivity index (χ0n) is 17.9. The van der Waals surface area contributed by atoms with Crippen molar-refractivity contribution in [2.75, 3.05) is 26.7 Å². The molecule has 2 aliphatic heterocycles. The Balaban J connectivity index is 1.40. The molecule has 0 bridgehead atoms. The summed E-state index contributed by atoms with van der Waals surface area (Å²) < 4.78 is 14.0. The van der Waals surface area contributed by atoms with Gasteiger partial charge in [0.25, 0.3) is 0 Å². The van der Waals surface area contributed by atoms with Crippen LogP contribution >= 0.6 is 0 Å².